The molecule has 0 amide bonds. The summed E-state index contributed by atoms with van der Waals surface area (Å²) in [5, 5.41) is 0. The number of ether oxygens (including phenoxy) is 1. The standard InChI is InChI=1S/C17H17ClN2O.C2H6/c1-21-17-8-7-16-14(19-17)10-12-20(16)15(9-11-18)13-5-3-2-4-6-13;1-2/h2-8,10,12,15H,9,11H2,1H3;1-2H3. The zero-order chi connectivity index (χ0) is 16.7. The highest BCUT2D eigenvalue weighted by Crippen LogP contribution is 2.28. The number of hydrogen-bond donors (Lipinski definition) is 0. The third kappa shape index (κ3) is 3.85. The number of pyridine rings is 1. The first kappa shape index (κ1) is 17.4. The van der Waals surface area contributed by atoms with Gasteiger partial charge in [0.25, 0.3) is 0 Å². The van der Waals surface area contributed by atoms with Crippen LogP contribution in [0.4, 0.5) is 0 Å². The van der Waals surface area contributed by atoms with Crippen molar-refractivity contribution >= 4 is 22.6 Å². The molecule has 4 heteroatoms. The molecule has 1 atom stereocenters. The largest absolute Gasteiger partial charge is 0.481 e. The Morgan fingerprint density at radius 3 is 2.48 bits per heavy atom. The van der Waals surface area contributed by atoms with Crippen molar-refractivity contribution in [1.82, 2.24) is 9.55 Å². The maximum atomic E-state index is 6.01. The molecule has 2 aromatic heterocycles. The quantitative estimate of drug-likeness (QED) is 0.594. The number of methoxy groups -OCH3 is 1. The van der Waals surface area contributed by atoms with E-state index in [1.165, 1.54) is 5.56 Å². The Bertz CT molecular complexity index is 725. The molecule has 0 radical (unpaired) electrons. The van der Waals surface area contributed by atoms with E-state index >= 15 is 0 Å². The van der Waals surface area contributed by atoms with Crippen LogP contribution in [0.25, 0.3) is 11.0 Å². The maximum absolute atomic E-state index is 6.01. The lowest BCUT2D eigenvalue weighted by Gasteiger charge is -2.19. The van der Waals surface area contributed by atoms with Gasteiger partial charge in [0.15, 0.2) is 0 Å². The molecule has 1 aromatic carbocycles. The molecule has 3 nitrogen and oxygen atoms in total. The van der Waals surface area contributed by atoms with Crippen molar-refractivity contribution in [2.45, 2.75) is 26.3 Å². The van der Waals surface area contributed by atoms with E-state index in [0.717, 1.165) is 17.5 Å². The molecule has 0 aliphatic carbocycles. The highest BCUT2D eigenvalue weighted by molar-refractivity contribution is 6.17. The number of halogens is 1. The van der Waals surface area contributed by atoms with Crippen molar-refractivity contribution in [3.8, 4) is 5.88 Å². The molecule has 23 heavy (non-hydrogen) atoms. The Hall–Kier alpha value is -2.00. The topological polar surface area (TPSA) is 27.1 Å². The molecule has 122 valence electrons. The molecule has 0 aliphatic rings. The number of benzene rings is 1. The molecule has 3 rings (SSSR count). The average Bonchev–Trinajstić information content (AvgIpc) is 3.05. The molecule has 0 spiro atoms. The minimum absolute atomic E-state index is 0.219. The highest BCUT2D eigenvalue weighted by atomic mass is 35.5. The lowest BCUT2D eigenvalue weighted by molar-refractivity contribution is 0.399. The van der Waals surface area contributed by atoms with E-state index in [1.54, 1.807) is 7.11 Å². The van der Waals surface area contributed by atoms with Gasteiger partial charge in [0.2, 0.25) is 5.88 Å². The van der Waals surface area contributed by atoms with Gasteiger partial charge in [-0.1, -0.05) is 44.2 Å². The van der Waals surface area contributed by atoms with Crippen LogP contribution in [0.2, 0.25) is 0 Å². The van der Waals surface area contributed by atoms with Crippen molar-refractivity contribution in [2.75, 3.05) is 13.0 Å². The molecule has 0 aliphatic heterocycles. The van der Waals surface area contributed by atoms with Gasteiger partial charge in [0, 0.05) is 18.1 Å². The summed E-state index contributed by atoms with van der Waals surface area (Å²) in [7, 11) is 1.63. The second kappa shape index (κ2) is 8.59. The Morgan fingerprint density at radius 2 is 1.83 bits per heavy atom. The SMILES string of the molecule is CC.COc1ccc2c(ccn2C(CCCl)c2ccccc2)n1. The Morgan fingerprint density at radius 1 is 1.09 bits per heavy atom. The normalized spacial score (nSPS) is 11.7. The molecular formula is C19H23ClN2O. The summed E-state index contributed by atoms with van der Waals surface area (Å²) in [6.07, 6.45) is 2.95. The summed E-state index contributed by atoms with van der Waals surface area (Å²) in [6.45, 7) is 4.00. The van der Waals surface area contributed by atoms with E-state index in [4.69, 9.17) is 16.3 Å². The second-order valence-electron chi connectivity index (χ2n) is 4.89. The summed E-state index contributed by atoms with van der Waals surface area (Å²) < 4.78 is 7.42. The molecule has 3 aromatic rings. The lowest BCUT2D eigenvalue weighted by atomic mass is 10.0. The van der Waals surface area contributed by atoms with Crippen LogP contribution < -0.4 is 4.74 Å². The summed E-state index contributed by atoms with van der Waals surface area (Å²) in [5.74, 6) is 1.25. The van der Waals surface area contributed by atoms with Crippen LogP contribution in [-0.4, -0.2) is 22.5 Å². The van der Waals surface area contributed by atoms with Gasteiger partial charge in [-0.2, -0.15) is 0 Å². The summed E-state index contributed by atoms with van der Waals surface area (Å²) in [5.41, 5.74) is 3.28. The van der Waals surface area contributed by atoms with Gasteiger partial charge >= 0.3 is 0 Å². The number of alkyl halides is 1. The first-order valence-electron chi connectivity index (χ1n) is 7.96. The summed E-state index contributed by atoms with van der Waals surface area (Å²) in [4.78, 5) is 4.47. The predicted octanol–water partition coefficient (Wildman–Crippen LogP) is 5.29. The fourth-order valence-electron chi connectivity index (χ4n) is 2.65. The van der Waals surface area contributed by atoms with Gasteiger partial charge in [0.1, 0.15) is 0 Å². The molecular weight excluding hydrogens is 308 g/mol. The number of aromatic nitrogens is 2. The van der Waals surface area contributed by atoms with E-state index < -0.39 is 0 Å². The van der Waals surface area contributed by atoms with Gasteiger partial charge in [-0.05, 0) is 24.1 Å². The van der Waals surface area contributed by atoms with Crippen LogP contribution in [-0.2, 0) is 0 Å². The van der Waals surface area contributed by atoms with Gasteiger partial charge in [-0.25, -0.2) is 4.98 Å². The van der Waals surface area contributed by atoms with E-state index in [-0.39, 0.29) is 6.04 Å². The number of rotatable bonds is 5. The van der Waals surface area contributed by atoms with Crippen LogP contribution in [0, 0.1) is 0 Å². The van der Waals surface area contributed by atoms with Crippen LogP contribution in [0.1, 0.15) is 31.9 Å². The van der Waals surface area contributed by atoms with E-state index in [0.29, 0.717) is 11.8 Å². The smallest absolute Gasteiger partial charge is 0.213 e. The highest BCUT2D eigenvalue weighted by Gasteiger charge is 2.15. The first-order valence-corrected chi connectivity index (χ1v) is 8.49. The first-order chi connectivity index (χ1) is 11.3. The van der Waals surface area contributed by atoms with E-state index in [2.05, 4.69) is 40.0 Å². The van der Waals surface area contributed by atoms with Crippen LogP contribution >= 0.6 is 11.6 Å². The minimum atomic E-state index is 0.219. The van der Waals surface area contributed by atoms with E-state index in [1.807, 2.05) is 38.1 Å². The maximum Gasteiger partial charge on any atom is 0.213 e. The Balaban J connectivity index is 0.000000924. The van der Waals surface area contributed by atoms with Gasteiger partial charge < -0.3 is 9.30 Å². The lowest BCUT2D eigenvalue weighted by Crippen LogP contribution is -2.10. The summed E-state index contributed by atoms with van der Waals surface area (Å²) >= 11 is 6.01. The van der Waals surface area contributed by atoms with E-state index in [9.17, 15) is 0 Å². The fourth-order valence-corrected chi connectivity index (χ4v) is 2.86. The van der Waals surface area contributed by atoms with Crippen molar-refractivity contribution in [3.05, 3.63) is 60.3 Å². The van der Waals surface area contributed by atoms with Gasteiger partial charge in [0.05, 0.1) is 24.2 Å². The van der Waals surface area contributed by atoms with Crippen LogP contribution in [0.15, 0.2) is 54.7 Å². The van der Waals surface area contributed by atoms with Crippen molar-refractivity contribution in [1.29, 1.82) is 0 Å². The average molecular weight is 331 g/mol. The Kier molecular flexibility index (Phi) is 6.48. The third-order valence-corrected chi connectivity index (χ3v) is 3.88. The predicted molar refractivity (Wildman–Crippen MR) is 97.6 cm³/mol. The fraction of sp³-hybridized carbons (Fsp3) is 0.316. The third-order valence-electron chi connectivity index (χ3n) is 3.66. The van der Waals surface area contributed by atoms with Crippen molar-refractivity contribution < 1.29 is 4.74 Å². The molecule has 0 fully saturated rings. The molecule has 1 unspecified atom stereocenters. The summed E-state index contributed by atoms with van der Waals surface area (Å²) in [6, 6.07) is 16.6. The van der Waals surface area contributed by atoms with Crippen molar-refractivity contribution in [3.63, 3.8) is 0 Å². The van der Waals surface area contributed by atoms with Crippen molar-refractivity contribution in [2.24, 2.45) is 0 Å². The Labute approximate surface area is 142 Å². The molecule has 0 N–H and O–H groups in total. The molecule has 0 bridgehead atoms. The molecule has 0 saturated heterocycles. The van der Waals surface area contributed by atoms with Crippen LogP contribution in [0.3, 0.4) is 0 Å². The molecule has 2 heterocycles. The van der Waals surface area contributed by atoms with Crippen LogP contribution in [0.5, 0.6) is 5.88 Å². The number of fused-ring (bicyclic) bond motifs is 1. The zero-order valence-electron chi connectivity index (χ0n) is 13.9. The number of nitrogens with zero attached hydrogens (tertiary/aromatic N) is 2. The van der Waals surface area contributed by atoms with Gasteiger partial charge in [-0.15, -0.1) is 11.6 Å². The monoisotopic (exact) mass is 330 g/mol. The second-order valence-corrected chi connectivity index (χ2v) is 5.26. The molecule has 0 saturated carbocycles. The minimum Gasteiger partial charge on any atom is -0.481 e. The zero-order valence-corrected chi connectivity index (χ0v) is 14.6. The van der Waals surface area contributed by atoms with Gasteiger partial charge in [-0.3, -0.25) is 0 Å². The number of hydrogen-bond acceptors (Lipinski definition) is 2.